The van der Waals surface area contributed by atoms with Gasteiger partial charge in [0.15, 0.2) is 0 Å². The maximum atomic E-state index is 14.3. The van der Waals surface area contributed by atoms with Crippen molar-refractivity contribution >= 4 is 23.3 Å². The van der Waals surface area contributed by atoms with Gasteiger partial charge < -0.3 is 15.3 Å². The van der Waals surface area contributed by atoms with Crippen LogP contribution >= 0.6 is 0 Å². The van der Waals surface area contributed by atoms with Crippen LogP contribution in [0.1, 0.15) is 21.8 Å². The third-order valence-corrected chi connectivity index (χ3v) is 6.35. The molecule has 1 saturated heterocycles. The summed E-state index contributed by atoms with van der Waals surface area (Å²) in [6.45, 7) is -0.134. The van der Waals surface area contributed by atoms with Gasteiger partial charge in [-0.3, -0.25) is 9.69 Å². The zero-order valence-electron chi connectivity index (χ0n) is 17.5. The molecule has 6 nitrogen and oxygen atoms in total. The van der Waals surface area contributed by atoms with Crippen LogP contribution in [0.2, 0.25) is 0 Å². The number of benzene rings is 3. The molecule has 3 aromatic carbocycles. The average Bonchev–Trinajstić information content (AvgIpc) is 2.79. The minimum absolute atomic E-state index is 0.0796. The molecule has 3 aromatic rings. The molecule has 0 aromatic heterocycles. The van der Waals surface area contributed by atoms with Crippen molar-refractivity contribution in [2.24, 2.45) is 0 Å². The Morgan fingerprint density at radius 2 is 1.76 bits per heavy atom. The third-order valence-electron chi connectivity index (χ3n) is 6.35. The molecule has 168 valence electrons. The van der Waals surface area contributed by atoms with Crippen LogP contribution in [0.15, 0.2) is 72.8 Å². The largest absolute Gasteiger partial charge is 0.394 e. The number of nitrogens with zero attached hydrogens (tertiary/aromatic N) is 2. The average molecular weight is 449 g/mol. The number of rotatable bonds is 3. The number of fused-ring (bicyclic) bond motifs is 3. The fourth-order valence-corrected chi connectivity index (χ4v) is 4.89. The SMILES string of the molecule is O=C(Nc1cccc(F)c1)N1C[C@H]2[C@@H](c3ccccc31)[C@H](CO)N2C(=O)c1ccccc1F. The predicted octanol–water partition coefficient (Wildman–Crippen LogP) is 3.99. The molecule has 0 radical (unpaired) electrons. The van der Waals surface area contributed by atoms with Crippen molar-refractivity contribution < 1.29 is 23.5 Å². The van der Waals surface area contributed by atoms with Crippen molar-refractivity contribution in [1.82, 2.24) is 4.90 Å². The number of urea groups is 1. The van der Waals surface area contributed by atoms with E-state index in [1.165, 1.54) is 46.2 Å². The van der Waals surface area contributed by atoms with Gasteiger partial charge in [0.05, 0.1) is 24.3 Å². The van der Waals surface area contributed by atoms with E-state index in [0.29, 0.717) is 11.4 Å². The first kappa shape index (κ1) is 21.1. The summed E-state index contributed by atoms with van der Waals surface area (Å²) in [5.74, 6) is -1.84. The summed E-state index contributed by atoms with van der Waals surface area (Å²) in [6.07, 6.45) is 0. The number of aliphatic hydroxyl groups excluding tert-OH is 1. The summed E-state index contributed by atoms with van der Waals surface area (Å²) in [4.78, 5) is 29.3. The maximum Gasteiger partial charge on any atom is 0.326 e. The Morgan fingerprint density at radius 3 is 2.52 bits per heavy atom. The number of aliphatic hydroxyl groups is 1. The highest BCUT2D eigenvalue weighted by Crippen LogP contribution is 2.48. The highest BCUT2D eigenvalue weighted by molar-refractivity contribution is 6.03. The zero-order valence-corrected chi connectivity index (χ0v) is 17.5. The summed E-state index contributed by atoms with van der Waals surface area (Å²) in [6, 6.07) is 17.1. The number of halogens is 2. The van der Waals surface area contributed by atoms with Gasteiger partial charge in [-0.2, -0.15) is 0 Å². The van der Waals surface area contributed by atoms with Crippen LogP contribution in [-0.2, 0) is 0 Å². The Bertz CT molecular complexity index is 1230. The van der Waals surface area contributed by atoms with Crippen LogP contribution in [0.5, 0.6) is 0 Å². The van der Waals surface area contributed by atoms with Crippen LogP contribution in [0.25, 0.3) is 0 Å². The van der Waals surface area contributed by atoms with E-state index in [2.05, 4.69) is 5.32 Å². The van der Waals surface area contributed by atoms with Gasteiger partial charge >= 0.3 is 6.03 Å². The molecule has 2 N–H and O–H groups in total. The van der Waals surface area contributed by atoms with Crippen molar-refractivity contribution in [2.45, 2.75) is 18.0 Å². The molecule has 0 unspecified atom stereocenters. The molecule has 2 heterocycles. The molecule has 2 aliphatic heterocycles. The van der Waals surface area contributed by atoms with Crippen molar-refractivity contribution in [3.63, 3.8) is 0 Å². The molecule has 3 atom stereocenters. The maximum absolute atomic E-state index is 14.3. The molecule has 0 aliphatic carbocycles. The number of hydrogen-bond donors (Lipinski definition) is 2. The van der Waals surface area contributed by atoms with E-state index in [4.69, 9.17) is 0 Å². The van der Waals surface area contributed by atoms with Gasteiger partial charge in [-0.1, -0.05) is 36.4 Å². The van der Waals surface area contributed by atoms with Gasteiger partial charge in [-0.25, -0.2) is 13.6 Å². The fourth-order valence-electron chi connectivity index (χ4n) is 4.89. The van der Waals surface area contributed by atoms with E-state index < -0.39 is 35.7 Å². The lowest BCUT2D eigenvalue weighted by molar-refractivity contribution is -0.0244. The lowest BCUT2D eigenvalue weighted by Crippen LogP contribution is -2.71. The summed E-state index contributed by atoms with van der Waals surface area (Å²) < 4.78 is 27.9. The molecule has 8 heteroatoms. The van der Waals surface area contributed by atoms with E-state index in [-0.39, 0.29) is 24.6 Å². The number of para-hydroxylation sites is 1. The summed E-state index contributed by atoms with van der Waals surface area (Å²) in [5.41, 5.74) is 1.70. The Hall–Kier alpha value is -3.78. The van der Waals surface area contributed by atoms with Gasteiger partial charge in [0.1, 0.15) is 11.6 Å². The van der Waals surface area contributed by atoms with Crippen LogP contribution in [0, 0.1) is 11.6 Å². The van der Waals surface area contributed by atoms with Crippen molar-refractivity contribution in [1.29, 1.82) is 0 Å². The number of anilines is 2. The zero-order chi connectivity index (χ0) is 23.1. The van der Waals surface area contributed by atoms with Crippen LogP contribution in [-0.4, -0.2) is 47.2 Å². The van der Waals surface area contributed by atoms with Gasteiger partial charge in [0, 0.05) is 23.8 Å². The van der Waals surface area contributed by atoms with E-state index in [0.717, 1.165) is 5.56 Å². The van der Waals surface area contributed by atoms with E-state index in [1.807, 2.05) is 12.1 Å². The quantitative estimate of drug-likeness (QED) is 0.635. The minimum atomic E-state index is -0.639. The number of nitrogens with one attached hydrogen (secondary N) is 1. The smallest absolute Gasteiger partial charge is 0.326 e. The highest BCUT2D eigenvalue weighted by atomic mass is 19.1. The first-order chi connectivity index (χ1) is 16.0. The van der Waals surface area contributed by atoms with Gasteiger partial charge in [0.2, 0.25) is 0 Å². The normalized spacial score (nSPS) is 21.0. The molecule has 3 amide bonds. The second-order valence-electron chi connectivity index (χ2n) is 8.15. The second-order valence-corrected chi connectivity index (χ2v) is 8.15. The number of carbonyl (C=O) groups excluding carboxylic acids is 2. The molecular formula is C25H21F2N3O3. The summed E-state index contributed by atoms with van der Waals surface area (Å²) in [5, 5.41) is 12.8. The standard InChI is InChI=1S/C25H21F2N3O3/c26-15-6-5-7-16(12-15)28-25(33)29-13-21-23(18-9-2-4-11-20(18)29)22(14-31)30(21)24(32)17-8-1-3-10-19(17)27/h1-12,21-23,31H,13-14H2,(H,28,33)/t21-,22-,23+/m0/s1. The van der Waals surface area contributed by atoms with Crippen LogP contribution < -0.4 is 10.2 Å². The lowest BCUT2D eigenvalue weighted by Gasteiger charge is -2.58. The second kappa shape index (κ2) is 8.29. The molecule has 5 rings (SSSR count). The molecule has 33 heavy (non-hydrogen) atoms. The van der Waals surface area contributed by atoms with E-state index >= 15 is 0 Å². The third kappa shape index (κ3) is 3.52. The number of hydrogen-bond acceptors (Lipinski definition) is 3. The van der Waals surface area contributed by atoms with Crippen molar-refractivity contribution in [3.8, 4) is 0 Å². The van der Waals surface area contributed by atoms with Crippen molar-refractivity contribution in [2.75, 3.05) is 23.4 Å². The van der Waals surface area contributed by atoms with Crippen LogP contribution in [0.4, 0.5) is 25.0 Å². The molecule has 2 aliphatic rings. The van der Waals surface area contributed by atoms with Crippen molar-refractivity contribution in [3.05, 3.63) is 95.6 Å². The summed E-state index contributed by atoms with van der Waals surface area (Å²) >= 11 is 0. The number of likely N-dealkylation sites (tertiary alicyclic amines) is 1. The Labute approximate surface area is 189 Å². The molecule has 0 spiro atoms. The predicted molar refractivity (Wildman–Crippen MR) is 119 cm³/mol. The molecular weight excluding hydrogens is 428 g/mol. The highest BCUT2D eigenvalue weighted by Gasteiger charge is 2.55. The fraction of sp³-hybridized carbons (Fsp3) is 0.200. The Kier molecular flexibility index (Phi) is 5.30. The summed E-state index contributed by atoms with van der Waals surface area (Å²) in [7, 11) is 0. The molecule has 0 bridgehead atoms. The number of amides is 3. The molecule has 0 saturated carbocycles. The van der Waals surface area contributed by atoms with Gasteiger partial charge in [-0.15, -0.1) is 0 Å². The van der Waals surface area contributed by atoms with Crippen LogP contribution in [0.3, 0.4) is 0 Å². The molecule has 1 fully saturated rings. The van der Waals surface area contributed by atoms with Gasteiger partial charge in [-0.05, 0) is 42.0 Å². The van der Waals surface area contributed by atoms with Gasteiger partial charge in [0.25, 0.3) is 5.91 Å². The monoisotopic (exact) mass is 449 g/mol. The Morgan fingerprint density at radius 1 is 1.00 bits per heavy atom. The Balaban J connectivity index is 1.48. The number of carbonyl (C=O) groups is 2. The minimum Gasteiger partial charge on any atom is -0.394 e. The first-order valence-electron chi connectivity index (χ1n) is 10.6. The topological polar surface area (TPSA) is 72.9 Å². The first-order valence-corrected chi connectivity index (χ1v) is 10.6. The van der Waals surface area contributed by atoms with E-state index in [9.17, 15) is 23.5 Å². The van der Waals surface area contributed by atoms with E-state index in [1.54, 1.807) is 24.3 Å². The lowest BCUT2D eigenvalue weighted by atomic mass is 9.71.